The van der Waals surface area contributed by atoms with Gasteiger partial charge in [0.15, 0.2) is 0 Å². The van der Waals surface area contributed by atoms with Crippen molar-refractivity contribution >= 4 is 21.5 Å². The average Bonchev–Trinajstić information content (AvgIpc) is 2.79. The minimum Gasteiger partial charge on any atom is -0.464 e. The predicted octanol–water partition coefficient (Wildman–Crippen LogP) is 8.50. The van der Waals surface area contributed by atoms with Crippen molar-refractivity contribution in [1.82, 2.24) is 0 Å². The van der Waals surface area contributed by atoms with Crippen LogP contribution in [0.1, 0.15) is 64.5 Å². The Hall–Kier alpha value is -2.74. The number of ether oxygens (including phenoxy) is 2. The van der Waals surface area contributed by atoms with E-state index in [1.165, 1.54) is 11.1 Å². The number of aryl methyl sites for hydroxylation is 2. The Morgan fingerprint density at radius 1 is 0.600 bits per heavy atom. The Labute approximate surface area is 181 Å². The zero-order valence-electron chi connectivity index (χ0n) is 18.8. The largest absolute Gasteiger partial charge is 0.464 e. The highest BCUT2D eigenvalue weighted by Gasteiger charge is 2.16. The third-order valence-electron chi connectivity index (χ3n) is 5.44. The van der Waals surface area contributed by atoms with Crippen molar-refractivity contribution in [2.45, 2.75) is 66.2 Å². The molecule has 0 amide bonds. The molecule has 30 heavy (non-hydrogen) atoms. The minimum absolute atomic E-state index is 0.912. The van der Waals surface area contributed by atoms with Crippen LogP contribution >= 0.6 is 0 Å². The van der Waals surface area contributed by atoms with E-state index in [2.05, 4.69) is 76.2 Å². The Bertz CT molecular complexity index is 958. The summed E-state index contributed by atoms with van der Waals surface area (Å²) in [5.74, 6) is 1.82. The topological polar surface area (TPSA) is 18.5 Å². The van der Waals surface area contributed by atoms with Gasteiger partial charge in [-0.3, -0.25) is 0 Å². The van der Waals surface area contributed by atoms with E-state index in [0.717, 1.165) is 71.6 Å². The molecule has 3 aromatic rings. The molecule has 0 aliphatic heterocycles. The number of rotatable bonds is 10. The summed E-state index contributed by atoms with van der Waals surface area (Å²) in [6.07, 6.45) is 14.1. The van der Waals surface area contributed by atoms with Gasteiger partial charge in [0.2, 0.25) is 0 Å². The van der Waals surface area contributed by atoms with Crippen LogP contribution < -0.4 is 9.47 Å². The van der Waals surface area contributed by atoms with E-state index in [4.69, 9.17) is 9.47 Å². The molecule has 158 valence electrons. The SMILES string of the molecule is CCC/C=C/Oc1c2ccc(CC)cc2c(O/C=C/CCC)c2ccc(CC)cc12. The molecular weight excluding hydrogens is 368 g/mol. The van der Waals surface area contributed by atoms with Crippen LogP contribution in [-0.4, -0.2) is 0 Å². The monoisotopic (exact) mass is 402 g/mol. The van der Waals surface area contributed by atoms with Gasteiger partial charge < -0.3 is 9.47 Å². The highest BCUT2D eigenvalue weighted by atomic mass is 16.5. The number of hydrogen-bond donors (Lipinski definition) is 0. The number of allylic oxidation sites excluding steroid dienone is 2. The maximum absolute atomic E-state index is 6.25. The summed E-state index contributed by atoms with van der Waals surface area (Å²) in [6.45, 7) is 8.71. The smallest absolute Gasteiger partial charge is 0.142 e. The van der Waals surface area contributed by atoms with Gasteiger partial charge in [0.05, 0.1) is 12.5 Å². The molecule has 0 bridgehead atoms. The summed E-state index contributed by atoms with van der Waals surface area (Å²) < 4.78 is 12.5. The Morgan fingerprint density at radius 2 is 1.03 bits per heavy atom. The number of fused-ring (bicyclic) bond motifs is 2. The van der Waals surface area contributed by atoms with E-state index in [-0.39, 0.29) is 0 Å². The van der Waals surface area contributed by atoms with Gasteiger partial charge in [-0.1, -0.05) is 64.8 Å². The first-order valence-corrected chi connectivity index (χ1v) is 11.4. The van der Waals surface area contributed by atoms with Crippen LogP contribution in [0.25, 0.3) is 21.5 Å². The normalized spacial score (nSPS) is 11.9. The van der Waals surface area contributed by atoms with Crippen molar-refractivity contribution in [2.24, 2.45) is 0 Å². The van der Waals surface area contributed by atoms with Crippen LogP contribution in [-0.2, 0) is 12.8 Å². The van der Waals surface area contributed by atoms with E-state index < -0.39 is 0 Å². The molecule has 0 aliphatic carbocycles. The zero-order chi connectivity index (χ0) is 21.3. The van der Waals surface area contributed by atoms with Gasteiger partial charge in [-0.05, 0) is 61.1 Å². The highest BCUT2D eigenvalue weighted by Crippen LogP contribution is 2.44. The number of benzene rings is 3. The number of hydrogen-bond acceptors (Lipinski definition) is 2. The minimum atomic E-state index is 0.912. The van der Waals surface area contributed by atoms with E-state index in [1.807, 2.05) is 12.5 Å². The predicted molar refractivity (Wildman–Crippen MR) is 130 cm³/mol. The Morgan fingerprint density at radius 3 is 1.40 bits per heavy atom. The third-order valence-corrected chi connectivity index (χ3v) is 5.44. The van der Waals surface area contributed by atoms with Crippen molar-refractivity contribution in [3.8, 4) is 11.5 Å². The lowest BCUT2D eigenvalue weighted by Crippen LogP contribution is -1.94. The summed E-state index contributed by atoms with van der Waals surface area (Å²) in [6, 6.07) is 13.2. The molecule has 0 unspecified atom stereocenters. The lowest BCUT2D eigenvalue weighted by molar-refractivity contribution is 0.481. The fraction of sp³-hybridized carbons (Fsp3) is 0.357. The van der Waals surface area contributed by atoms with Crippen LogP contribution in [0.3, 0.4) is 0 Å². The maximum Gasteiger partial charge on any atom is 0.142 e. The summed E-state index contributed by atoms with van der Waals surface area (Å²) in [5.41, 5.74) is 2.59. The molecule has 3 rings (SSSR count). The first-order chi connectivity index (χ1) is 14.7. The number of unbranched alkanes of at least 4 members (excludes halogenated alkanes) is 2. The molecule has 2 nitrogen and oxygen atoms in total. The summed E-state index contributed by atoms with van der Waals surface area (Å²) in [5, 5.41) is 4.39. The standard InChI is InChI=1S/C28H34O2/c1-5-9-11-17-29-27-23-15-13-22(8-4)20-26(23)28(30-18-12-10-6-2)24-16-14-21(7-3)19-25(24)27/h11-20H,5-10H2,1-4H3/b17-11+,18-12+. The van der Waals surface area contributed by atoms with Gasteiger partial charge in [-0.25, -0.2) is 0 Å². The van der Waals surface area contributed by atoms with Crippen molar-refractivity contribution in [3.05, 3.63) is 72.2 Å². The molecule has 0 aromatic heterocycles. The van der Waals surface area contributed by atoms with Gasteiger partial charge in [-0.15, -0.1) is 0 Å². The fourth-order valence-electron chi connectivity index (χ4n) is 3.64. The van der Waals surface area contributed by atoms with Crippen LogP contribution in [0.2, 0.25) is 0 Å². The molecule has 0 saturated heterocycles. The van der Waals surface area contributed by atoms with Gasteiger partial charge in [-0.2, -0.15) is 0 Å². The Balaban J connectivity index is 2.27. The molecule has 0 N–H and O–H groups in total. The van der Waals surface area contributed by atoms with Gasteiger partial charge >= 0.3 is 0 Å². The lowest BCUT2D eigenvalue weighted by atomic mass is 9.96. The van der Waals surface area contributed by atoms with Crippen molar-refractivity contribution in [1.29, 1.82) is 0 Å². The van der Waals surface area contributed by atoms with Crippen LogP contribution in [0.5, 0.6) is 11.5 Å². The van der Waals surface area contributed by atoms with Gasteiger partial charge in [0.1, 0.15) is 11.5 Å². The van der Waals surface area contributed by atoms with E-state index in [9.17, 15) is 0 Å². The van der Waals surface area contributed by atoms with Crippen LogP contribution in [0.15, 0.2) is 61.1 Å². The third kappa shape index (κ3) is 4.87. The molecule has 0 radical (unpaired) electrons. The van der Waals surface area contributed by atoms with Crippen LogP contribution in [0, 0.1) is 0 Å². The molecule has 0 aliphatic rings. The first kappa shape index (κ1) is 22.0. The average molecular weight is 403 g/mol. The molecule has 2 heteroatoms. The highest BCUT2D eigenvalue weighted by molar-refractivity contribution is 6.11. The van der Waals surface area contributed by atoms with Crippen molar-refractivity contribution in [3.63, 3.8) is 0 Å². The molecule has 0 spiro atoms. The fourth-order valence-corrected chi connectivity index (χ4v) is 3.64. The van der Waals surface area contributed by atoms with Crippen molar-refractivity contribution < 1.29 is 9.47 Å². The maximum atomic E-state index is 6.25. The second-order valence-corrected chi connectivity index (χ2v) is 7.68. The van der Waals surface area contributed by atoms with E-state index in [1.54, 1.807) is 0 Å². The van der Waals surface area contributed by atoms with E-state index >= 15 is 0 Å². The Kier molecular flexibility index (Phi) is 7.96. The zero-order valence-corrected chi connectivity index (χ0v) is 18.8. The first-order valence-electron chi connectivity index (χ1n) is 11.4. The summed E-state index contributed by atoms with van der Waals surface area (Å²) in [7, 11) is 0. The van der Waals surface area contributed by atoms with Gasteiger partial charge in [0.25, 0.3) is 0 Å². The van der Waals surface area contributed by atoms with E-state index in [0.29, 0.717) is 0 Å². The molecular formula is C28H34O2. The van der Waals surface area contributed by atoms with Crippen LogP contribution in [0.4, 0.5) is 0 Å². The summed E-state index contributed by atoms with van der Waals surface area (Å²) >= 11 is 0. The summed E-state index contributed by atoms with van der Waals surface area (Å²) in [4.78, 5) is 0. The lowest BCUT2D eigenvalue weighted by Gasteiger charge is -2.17. The molecule has 0 atom stereocenters. The molecule has 3 aromatic carbocycles. The second kappa shape index (κ2) is 10.9. The van der Waals surface area contributed by atoms with Gasteiger partial charge in [0, 0.05) is 21.5 Å². The quantitative estimate of drug-likeness (QED) is 0.250. The molecule has 0 saturated carbocycles. The molecule has 0 fully saturated rings. The molecule has 0 heterocycles. The van der Waals surface area contributed by atoms with Crippen molar-refractivity contribution in [2.75, 3.05) is 0 Å². The second-order valence-electron chi connectivity index (χ2n) is 7.68.